The third kappa shape index (κ3) is 2.53. The number of hydrogen-bond donors (Lipinski definition) is 2. The number of imidazole rings is 1. The lowest BCUT2D eigenvalue weighted by Gasteiger charge is -2.04. The topological polar surface area (TPSA) is 88.0 Å². The van der Waals surface area contributed by atoms with E-state index in [0.29, 0.717) is 21.7 Å². The van der Waals surface area contributed by atoms with Crippen LogP contribution in [0.25, 0.3) is 11.2 Å². The smallest absolute Gasteiger partial charge is 0.335 e. The number of halogens is 1. The van der Waals surface area contributed by atoms with E-state index >= 15 is 0 Å². The van der Waals surface area contributed by atoms with Gasteiger partial charge in [-0.1, -0.05) is 23.7 Å². The number of rotatable bonds is 3. The Labute approximate surface area is 123 Å². The summed E-state index contributed by atoms with van der Waals surface area (Å²) < 4.78 is 1.44. The van der Waals surface area contributed by atoms with Gasteiger partial charge in [-0.25, -0.2) is 14.6 Å². The second kappa shape index (κ2) is 5.06. The molecule has 2 heterocycles. The van der Waals surface area contributed by atoms with Crippen molar-refractivity contribution >= 4 is 28.7 Å². The highest BCUT2D eigenvalue weighted by molar-refractivity contribution is 6.31. The van der Waals surface area contributed by atoms with E-state index in [4.69, 9.17) is 16.7 Å². The van der Waals surface area contributed by atoms with E-state index < -0.39 is 5.97 Å². The van der Waals surface area contributed by atoms with Crippen molar-refractivity contribution in [2.45, 2.75) is 6.54 Å². The SMILES string of the molecule is O=C(O)c1cccc(Cn2c(=O)[nH]c3cc(Cl)cnc32)c1. The van der Waals surface area contributed by atoms with Gasteiger partial charge >= 0.3 is 11.7 Å². The minimum absolute atomic E-state index is 0.177. The van der Waals surface area contributed by atoms with Gasteiger partial charge in [0.25, 0.3) is 0 Å². The minimum atomic E-state index is -1.01. The third-order valence-electron chi connectivity index (χ3n) is 3.09. The van der Waals surface area contributed by atoms with Gasteiger partial charge in [0, 0.05) is 6.20 Å². The zero-order valence-corrected chi connectivity index (χ0v) is 11.5. The minimum Gasteiger partial charge on any atom is -0.478 e. The summed E-state index contributed by atoms with van der Waals surface area (Å²) >= 11 is 5.84. The molecule has 0 aliphatic rings. The van der Waals surface area contributed by atoms with Crippen LogP contribution in [0.3, 0.4) is 0 Å². The second-order valence-electron chi connectivity index (χ2n) is 4.55. The lowest BCUT2D eigenvalue weighted by atomic mass is 10.1. The molecule has 0 spiro atoms. The molecule has 0 radical (unpaired) electrons. The number of nitrogens with zero attached hydrogens (tertiary/aromatic N) is 2. The summed E-state index contributed by atoms with van der Waals surface area (Å²) in [6.45, 7) is 0.231. The fourth-order valence-corrected chi connectivity index (χ4v) is 2.31. The standard InChI is InChI=1S/C14H10ClN3O3/c15-10-5-11-12(16-6-10)18(14(21)17-11)7-8-2-1-3-9(4-8)13(19)20/h1-6H,7H2,(H,17,21)(H,19,20). The number of aromatic nitrogens is 3. The molecule has 2 aromatic heterocycles. The monoisotopic (exact) mass is 303 g/mol. The van der Waals surface area contributed by atoms with Gasteiger partial charge in [-0.2, -0.15) is 0 Å². The number of carboxylic acids is 1. The molecular formula is C14H10ClN3O3. The highest BCUT2D eigenvalue weighted by Crippen LogP contribution is 2.15. The van der Waals surface area contributed by atoms with E-state index in [1.165, 1.54) is 22.9 Å². The van der Waals surface area contributed by atoms with E-state index in [1.54, 1.807) is 18.2 Å². The van der Waals surface area contributed by atoms with Crippen LogP contribution in [0, 0.1) is 0 Å². The summed E-state index contributed by atoms with van der Waals surface area (Å²) in [5.41, 5.74) is 1.58. The van der Waals surface area contributed by atoms with Gasteiger partial charge in [0.15, 0.2) is 5.65 Å². The molecule has 7 heteroatoms. The van der Waals surface area contributed by atoms with E-state index in [0.717, 1.165) is 0 Å². The first kappa shape index (κ1) is 13.4. The third-order valence-corrected chi connectivity index (χ3v) is 3.30. The maximum Gasteiger partial charge on any atom is 0.335 e. The Hall–Kier alpha value is -2.60. The first-order chi connectivity index (χ1) is 10.0. The van der Waals surface area contributed by atoms with Gasteiger partial charge in [0.05, 0.1) is 22.6 Å². The maximum atomic E-state index is 12.0. The normalized spacial score (nSPS) is 10.9. The van der Waals surface area contributed by atoms with Crippen molar-refractivity contribution in [3.05, 3.63) is 63.2 Å². The van der Waals surface area contributed by atoms with Gasteiger partial charge in [-0.05, 0) is 23.8 Å². The number of carbonyl (C=O) groups is 1. The van der Waals surface area contributed by atoms with Crippen molar-refractivity contribution in [2.75, 3.05) is 0 Å². The summed E-state index contributed by atoms with van der Waals surface area (Å²) in [7, 11) is 0. The first-order valence-electron chi connectivity index (χ1n) is 6.11. The van der Waals surface area contributed by atoms with E-state index in [-0.39, 0.29) is 17.8 Å². The Morgan fingerprint density at radius 1 is 1.38 bits per heavy atom. The molecule has 106 valence electrons. The average molecular weight is 304 g/mol. The fraction of sp³-hybridized carbons (Fsp3) is 0.0714. The second-order valence-corrected chi connectivity index (χ2v) is 4.98. The molecule has 3 aromatic rings. The Morgan fingerprint density at radius 2 is 2.19 bits per heavy atom. The first-order valence-corrected chi connectivity index (χ1v) is 6.48. The number of pyridine rings is 1. The van der Waals surface area contributed by atoms with E-state index in [2.05, 4.69) is 9.97 Å². The fourth-order valence-electron chi connectivity index (χ4n) is 2.15. The highest BCUT2D eigenvalue weighted by Gasteiger charge is 2.10. The summed E-state index contributed by atoms with van der Waals surface area (Å²) in [6, 6.07) is 8.05. The van der Waals surface area contributed by atoms with Crippen LogP contribution in [-0.4, -0.2) is 25.6 Å². The van der Waals surface area contributed by atoms with E-state index in [1.807, 2.05) is 0 Å². The van der Waals surface area contributed by atoms with Crippen molar-refractivity contribution in [3.63, 3.8) is 0 Å². The quantitative estimate of drug-likeness (QED) is 0.776. The van der Waals surface area contributed by atoms with Crippen LogP contribution in [0.1, 0.15) is 15.9 Å². The van der Waals surface area contributed by atoms with Gasteiger partial charge in [-0.3, -0.25) is 4.57 Å². The lowest BCUT2D eigenvalue weighted by molar-refractivity contribution is 0.0696. The van der Waals surface area contributed by atoms with Crippen LogP contribution in [0.2, 0.25) is 5.02 Å². The number of aromatic amines is 1. The number of hydrogen-bond acceptors (Lipinski definition) is 3. The van der Waals surface area contributed by atoms with Crippen molar-refractivity contribution < 1.29 is 9.90 Å². The number of H-pyrrole nitrogens is 1. The molecular weight excluding hydrogens is 294 g/mol. The van der Waals surface area contributed by atoms with Crippen LogP contribution in [0.4, 0.5) is 0 Å². The molecule has 0 aliphatic carbocycles. The molecule has 0 atom stereocenters. The van der Waals surface area contributed by atoms with Gasteiger partial charge in [0.1, 0.15) is 0 Å². The number of nitrogens with one attached hydrogen (secondary N) is 1. The van der Waals surface area contributed by atoms with Crippen molar-refractivity contribution in [1.29, 1.82) is 0 Å². The number of benzene rings is 1. The zero-order valence-electron chi connectivity index (χ0n) is 10.7. The summed E-state index contributed by atoms with van der Waals surface area (Å²) in [5.74, 6) is -1.01. The molecule has 0 bridgehead atoms. The summed E-state index contributed by atoms with van der Waals surface area (Å²) in [4.78, 5) is 29.8. The van der Waals surface area contributed by atoms with Crippen molar-refractivity contribution in [1.82, 2.24) is 14.5 Å². The Balaban J connectivity index is 2.06. The highest BCUT2D eigenvalue weighted by atomic mass is 35.5. The molecule has 2 N–H and O–H groups in total. The predicted octanol–water partition coefficient (Wildman–Crippen LogP) is 2.12. The molecule has 0 aliphatic heterocycles. The predicted molar refractivity (Wildman–Crippen MR) is 77.9 cm³/mol. The van der Waals surface area contributed by atoms with Gasteiger partial charge < -0.3 is 10.1 Å². The molecule has 21 heavy (non-hydrogen) atoms. The van der Waals surface area contributed by atoms with Gasteiger partial charge in [-0.15, -0.1) is 0 Å². The number of carboxylic acid groups (broad SMARTS) is 1. The largest absolute Gasteiger partial charge is 0.478 e. The van der Waals surface area contributed by atoms with Crippen LogP contribution in [-0.2, 0) is 6.54 Å². The molecule has 3 rings (SSSR count). The summed E-state index contributed by atoms with van der Waals surface area (Å²) in [6.07, 6.45) is 1.46. The molecule has 0 amide bonds. The molecule has 6 nitrogen and oxygen atoms in total. The zero-order chi connectivity index (χ0) is 15.0. The van der Waals surface area contributed by atoms with Gasteiger partial charge in [0.2, 0.25) is 0 Å². The summed E-state index contributed by atoms with van der Waals surface area (Å²) in [5, 5.41) is 9.42. The molecule has 0 unspecified atom stereocenters. The van der Waals surface area contributed by atoms with Crippen LogP contribution < -0.4 is 5.69 Å². The van der Waals surface area contributed by atoms with Crippen molar-refractivity contribution in [3.8, 4) is 0 Å². The Morgan fingerprint density at radius 3 is 2.95 bits per heavy atom. The van der Waals surface area contributed by atoms with Crippen LogP contribution in [0.5, 0.6) is 0 Å². The number of aromatic carboxylic acids is 1. The van der Waals surface area contributed by atoms with Crippen molar-refractivity contribution in [2.24, 2.45) is 0 Å². The van der Waals surface area contributed by atoms with Crippen LogP contribution in [0.15, 0.2) is 41.3 Å². The lowest BCUT2D eigenvalue weighted by Crippen LogP contribution is -2.17. The van der Waals surface area contributed by atoms with Crippen LogP contribution >= 0.6 is 11.6 Å². The Kier molecular flexibility index (Phi) is 3.23. The molecule has 1 aromatic carbocycles. The molecule has 0 saturated carbocycles. The Bertz CT molecular complexity index is 898. The maximum absolute atomic E-state index is 12.0. The number of fused-ring (bicyclic) bond motifs is 1. The van der Waals surface area contributed by atoms with E-state index in [9.17, 15) is 9.59 Å². The average Bonchev–Trinajstić information content (AvgIpc) is 2.74. The molecule has 0 saturated heterocycles. The molecule has 0 fully saturated rings.